The second-order valence-electron chi connectivity index (χ2n) is 4.59. The van der Waals surface area contributed by atoms with Crippen LogP contribution in [0.25, 0.3) is 0 Å². The molecule has 0 unspecified atom stereocenters. The SMILES string of the molecule is C=CCNCC(=O)c1ccc(C2CCC2)cc1. The van der Waals surface area contributed by atoms with Crippen molar-refractivity contribution in [1.82, 2.24) is 5.32 Å². The van der Waals surface area contributed by atoms with Gasteiger partial charge in [0.05, 0.1) is 6.54 Å². The Morgan fingerprint density at radius 1 is 1.35 bits per heavy atom. The van der Waals surface area contributed by atoms with Gasteiger partial charge in [-0.2, -0.15) is 0 Å². The molecule has 0 radical (unpaired) electrons. The molecule has 17 heavy (non-hydrogen) atoms. The van der Waals surface area contributed by atoms with Crippen molar-refractivity contribution in [2.24, 2.45) is 0 Å². The molecule has 1 N–H and O–H groups in total. The van der Waals surface area contributed by atoms with Gasteiger partial charge in [0.2, 0.25) is 0 Å². The van der Waals surface area contributed by atoms with E-state index in [1.54, 1.807) is 6.08 Å². The van der Waals surface area contributed by atoms with Gasteiger partial charge >= 0.3 is 0 Å². The summed E-state index contributed by atoms with van der Waals surface area (Å²) in [6.45, 7) is 4.66. The Labute approximate surface area is 103 Å². The quantitative estimate of drug-likeness (QED) is 0.461. The summed E-state index contributed by atoms with van der Waals surface area (Å²) in [5.74, 6) is 0.880. The van der Waals surface area contributed by atoms with Crippen LogP contribution in [0.15, 0.2) is 36.9 Å². The first-order valence-electron chi connectivity index (χ1n) is 6.26. The molecule has 1 aromatic carbocycles. The minimum Gasteiger partial charge on any atom is -0.306 e. The minimum atomic E-state index is 0.145. The van der Waals surface area contributed by atoms with Crippen molar-refractivity contribution in [2.45, 2.75) is 25.2 Å². The van der Waals surface area contributed by atoms with Crippen LogP contribution in [-0.2, 0) is 0 Å². The summed E-state index contributed by atoms with van der Waals surface area (Å²) in [6.07, 6.45) is 5.70. The molecule has 1 aromatic rings. The Balaban J connectivity index is 1.92. The van der Waals surface area contributed by atoms with Crippen LogP contribution in [0.4, 0.5) is 0 Å². The molecule has 1 saturated carbocycles. The topological polar surface area (TPSA) is 29.1 Å². The molecule has 90 valence electrons. The van der Waals surface area contributed by atoms with E-state index in [0.29, 0.717) is 13.1 Å². The maximum absolute atomic E-state index is 11.8. The minimum absolute atomic E-state index is 0.145. The summed E-state index contributed by atoms with van der Waals surface area (Å²) in [4.78, 5) is 11.8. The third-order valence-corrected chi connectivity index (χ3v) is 3.38. The molecule has 0 amide bonds. The maximum Gasteiger partial charge on any atom is 0.176 e. The smallest absolute Gasteiger partial charge is 0.176 e. The number of hydrogen-bond acceptors (Lipinski definition) is 2. The van der Waals surface area contributed by atoms with Crippen molar-refractivity contribution in [1.29, 1.82) is 0 Å². The molecular weight excluding hydrogens is 210 g/mol. The lowest BCUT2D eigenvalue weighted by Crippen LogP contribution is -2.23. The van der Waals surface area contributed by atoms with E-state index in [1.807, 2.05) is 12.1 Å². The number of Topliss-reactive ketones (excluding diaryl/α,β-unsaturated/α-hetero) is 1. The summed E-state index contributed by atoms with van der Waals surface area (Å²) in [5.41, 5.74) is 2.18. The van der Waals surface area contributed by atoms with Crippen molar-refractivity contribution in [3.63, 3.8) is 0 Å². The van der Waals surface area contributed by atoms with Crippen LogP contribution in [0.2, 0.25) is 0 Å². The van der Waals surface area contributed by atoms with Gasteiger partial charge in [0, 0.05) is 12.1 Å². The molecule has 0 saturated heterocycles. The highest BCUT2D eigenvalue weighted by molar-refractivity contribution is 5.97. The summed E-state index contributed by atoms with van der Waals surface area (Å²) in [6, 6.07) is 8.10. The van der Waals surface area contributed by atoms with Crippen LogP contribution in [-0.4, -0.2) is 18.9 Å². The van der Waals surface area contributed by atoms with E-state index in [9.17, 15) is 4.79 Å². The Hall–Kier alpha value is -1.41. The fourth-order valence-electron chi connectivity index (χ4n) is 2.07. The van der Waals surface area contributed by atoms with Crippen LogP contribution in [0.5, 0.6) is 0 Å². The fraction of sp³-hybridized carbons (Fsp3) is 0.400. The van der Waals surface area contributed by atoms with Gasteiger partial charge < -0.3 is 5.32 Å². The second-order valence-corrected chi connectivity index (χ2v) is 4.59. The zero-order chi connectivity index (χ0) is 12.1. The highest BCUT2D eigenvalue weighted by Crippen LogP contribution is 2.36. The van der Waals surface area contributed by atoms with Crippen molar-refractivity contribution < 1.29 is 4.79 Å². The molecule has 0 atom stereocenters. The molecular formula is C15H19NO. The summed E-state index contributed by atoms with van der Waals surface area (Å²) < 4.78 is 0. The van der Waals surface area contributed by atoms with Gasteiger partial charge in [-0.25, -0.2) is 0 Å². The van der Waals surface area contributed by atoms with Gasteiger partial charge in [-0.05, 0) is 24.3 Å². The predicted molar refractivity (Wildman–Crippen MR) is 70.4 cm³/mol. The van der Waals surface area contributed by atoms with Crippen LogP contribution < -0.4 is 5.32 Å². The number of carbonyl (C=O) groups excluding carboxylic acids is 1. The van der Waals surface area contributed by atoms with Crippen molar-refractivity contribution in [3.8, 4) is 0 Å². The molecule has 0 bridgehead atoms. The van der Waals surface area contributed by atoms with Gasteiger partial charge in [-0.3, -0.25) is 4.79 Å². The van der Waals surface area contributed by atoms with E-state index >= 15 is 0 Å². The molecule has 0 spiro atoms. The van der Waals surface area contributed by atoms with Gasteiger partial charge in [-0.15, -0.1) is 6.58 Å². The van der Waals surface area contributed by atoms with Crippen molar-refractivity contribution in [2.75, 3.05) is 13.1 Å². The van der Waals surface area contributed by atoms with Crippen molar-refractivity contribution >= 4 is 5.78 Å². The zero-order valence-electron chi connectivity index (χ0n) is 10.1. The number of hydrogen-bond donors (Lipinski definition) is 1. The first-order valence-corrected chi connectivity index (χ1v) is 6.26. The highest BCUT2D eigenvalue weighted by atomic mass is 16.1. The Kier molecular flexibility index (Phi) is 4.10. The van der Waals surface area contributed by atoms with Crippen molar-refractivity contribution in [3.05, 3.63) is 48.0 Å². The Bertz CT molecular complexity index is 390. The maximum atomic E-state index is 11.8. The monoisotopic (exact) mass is 229 g/mol. The molecule has 2 heteroatoms. The molecule has 0 aromatic heterocycles. The summed E-state index contributed by atoms with van der Waals surface area (Å²) in [5, 5.41) is 3.03. The largest absolute Gasteiger partial charge is 0.306 e. The van der Waals surface area contributed by atoms with E-state index in [4.69, 9.17) is 0 Å². The summed E-state index contributed by atoms with van der Waals surface area (Å²) >= 11 is 0. The van der Waals surface area contributed by atoms with Crippen LogP contribution in [0.1, 0.15) is 41.1 Å². The lowest BCUT2D eigenvalue weighted by atomic mass is 9.80. The molecule has 0 heterocycles. The lowest BCUT2D eigenvalue weighted by molar-refractivity contribution is 0.0992. The van der Waals surface area contributed by atoms with Gasteiger partial charge in [0.25, 0.3) is 0 Å². The van der Waals surface area contributed by atoms with Crippen LogP contribution in [0, 0.1) is 0 Å². The number of rotatable bonds is 6. The van der Waals surface area contributed by atoms with E-state index < -0.39 is 0 Å². The number of ketones is 1. The number of benzene rings is 1. The average Bonchev–Trinajstić information content (AvgIpc) is 2.28. The standard InChI is InChI=1S/C15H19NO/c1-2-10-16-11-15(17)14-8-6-13(7-9-14)12-4-3-5-12/h2,6-9,12,16H,1,3-5,10-11H2. The normalized spacial score (nSPS) is 15.3. The third kappa shape index (κ3) is 3.04. The van der Waals surface area contributed by atoms with E-state index in [-0.39, 0.29) is 5.78 Å². The molecule has 1 fully saturated rings. The fourth-order valence-corrected chi connectivity index (χ4v) is 2.07. The Morgan fingerprint density at radius 2 is 2.06 bits per heavy atom. The van der Waals surface area contributed by atoms with Gasteiger partial charge in [-0.1, -0.05) is 36.8 Å². The number of carbonyl (C=O) groups is 1. The van der Waals surface area contributed by atoms with E-state index in [0.717, 1.165) is 11.5 Å². The molecule has 1 aliphatic rings. The molecule has 1 aliphatic carbocycles. The number of nitrogens with one attached hydrogen (secondary N) is 1. The molecule has 2 nitrogen and oxygen atoms in total. The molecule has 0 aliphatic heterocycles. The lowest BCUT2D eigenvalue weighted by Gasteiger charge is -2.25. The van der Waals surface area contributed by atoms with Crippen LogP contribution >= 0.6 is 0 Å². The highest BCUT2D eigenvalue weighted by Gasteiger charge is 2.19. The van der Waals surface area contributed by atoms with Gasteiger partial charge in [0.1, 0.15) is 0 Å². The molecule has 2 rings (SSSR count). The average molecular weight is 229 g/mol. The second kappa shape index (κ2) is 5.78. The first-order chi connectivity index (χ1) is 8.31. The van der Waals surface area contributed by atoms with E-state index in [1.165, 1.54) is 24.8 Å². The van der Waals surface area contributed by atoms with Crippen LogP contribution in [0.3, 0.4) is 0 Å². The first kappa shape index (κ1) is 12.1. The summed E-state index contributed by atoms with van der Waals surface area (Å²) in [7, 11) is 0. The van der Waals surface area contributed by atoms with Gasteiger partial charge in [0.15, 0.2) is 5.78 Å². The zero-order valence-corrected chi connectivity index (χ0v) is 10.1. The third-order valence-electron chi connectivity index (χ3n) is 3.38. The predicted octanol–water partition coefficient (Wildman–Crippen LogP) is 2.91. The Morgan fingerprint density at radius 3 is 2.59 bits per heavy atom. The van der Waals surface area contributed by atoms with E-state index in [2.05, 4.69) is 24.0 Å².